The van der Waals surface area contributed by atoms with Gasteiger partial charge in [-0.1, -0.05) is 30.3 Å². The predicted molar refractivity (Wildman–Crippen MR) is 118 cm³/mol. The fourth-order valence-corrected chi connectivity index (χ4v) is 3.16. The first-order valence-electron chi connectivity index (χ1n) is 9.78. The summed E-state index contributed by atoms with van der Waals surface area (Å²) >= 11 is 0. The van der Waals surface area contributed by atoms with Gasteiger partial charge in [0, 0.05) is 29.4 Å². The van der Waals surface area contributed by atoms with Gasteiger partial charge in [0.15, 0.2) is 17.3 Å². The number of rotatable bonds is 6. The van der Waals surface area contributed by atoms with Crippen LogP contribution in [0.5, 0.6) is 11.5 Å². The molecule has 0 radical (unpaired) electrons. The molecule has 0 atom stereocenters. The van der Waals surface area contributed by atoms with Crippen molar-refractivity contribution in [1.29, 1.82) is 0 Å². The molecule has 160 valence electrons. The molecule has 0 spiro atoms. The number of non-ortho nitro benzene ring substituents is 1. The highest BCUT2D eigenvalue weighted by atomic mass is 16.6. The molecule has 8 nitrogen and oxygen atoms in total. The first-order valence-corrected chi connectivity index (χ1v) is 9.78. The van der Waals surface area contributed by atoms with Crippen LogP contribution in [-0.2, 0) is 4.79 Å². The lowest BCUT2D eigenvalue weighted by molar-refractivity contribution is -0.384. The molecule has 0 saturated heterocycles. The molecule has 0 aromatic heterocycles. The number of ether oxygens (including phenoxy) is 2. The third-order valence-corrected chi connectivity index (χ3v) is 4.74. The van der Waals surface area contributed by atoms with E-state index in [4.69, 9.17) is 9.47 Å². The summed E-state index contributed by atoms with van der Waals surface area (Å²) in [6.45, 7) is 0.856. The molecule has 4 rings (SSSR count). The fraction of sp³-hybridized carbons (Fsp3) is 0.0833. The second-order valence-electron chi connectivity index (χ2n) is 6.91. The van der Waals surface area contributed by atoms with Crippen molar-refractivity contribution < 1.29 is 24.0 Å². The number of hydrogen-bond donors (Lipinski definition) is 1. The molecule has 1 amide bonds. The van der Waals surface area contributed by atoms with Crippen molar-refractivity contribution in [3.05, 3.63) is 99.6 Å². The number of fused-ring (bicyclic) bond motifs is 1. The Morgan fingerprint density at radius 3 is 2.28 bits per heavy atom. The lowest BCUT2D eigenvalue weighted by Gasteiger charge is -2.19. The lowest BCUT2D eigenvalue weighted by atomic mass is 10.00. The first kappa shape index (κ1) is 20.8. The fourth-order valence-electron chi connectivity index (χ4n) is 3.16. The van der Waals surface area contributed by atoms with E-state index in [2.05, 4.69) is 5.32 Å². The van der Waals surface area contributed by atoms with Gasteiger partial charge in [0.05, 0.1) is 10.5 Å². The maximum Gasteiger partial charge on any atom is 0.269 e. The highest BCUT2D eigenvalue weighted by molar-refractivity contribution is 6.31. The zero-order valence-corrected chi connectivity index (χ0v) is 16.8. The van der Waals surface area contributed by atoms with Gasteiger partial charge in [-0.3, -0.25) is 19.7 Å². The van der Waals surface area contributed by atoms with Crippen LogP contribution in [0.3, 0.4) is 0 Å². The number of amides is 1. The van der Waals surface area contributed by atoms with Crippen molar-refractivity contribution in [2.45, 2.75) is 0 Å². The number of ketones is 1. The van der Waals surface area contributed by atoms with Crippen LogP contribution in [0.4, 0.5) is 11.4 Å². The van der Waals surface area contributed by atoms with Crippen LogP contribution < -0.4 is 14.8 Å². The molecule has 3 aromatic carbocycles. The molecular weight excluding hydrogens is 412 g/mol. The Balaban J connectivity index is 1.66. The zero-order valence-electron chi connectivity index (χ0n) is 16.8. The number of carbonyl (C=O) groups excluding carboxylic acids is 2. The Labute approximate surface area is 183 Å². The van der Waals surface area contributed by atoms with E-state index in [1.807, 2.05) is 0 Å². The molecule has 0 unspecified atom stereocenters. The van der Waals surface area contributed by atoms with Crippen molar-refractivity contribution in [3.63, 3.8) is 0 Å². The summed E-state index contributed by atoms with van der Waals surface area (Å²) in [4.78, 5) is 36.6. The van der Waals surface area contributed by atoms with Crippen LogP contribution in [0.15, 0.2) is 78.4 Å². The molecule has 1 aliphatic rings. The van der Waals surface area contributed by atoms with Gasteiger partial charge in [-0.05, 0) is 35.9 Å². The van der Waals surface area contributed by atoms with E-state index in [1.54, 1.807) is 48.5 Å². The number of benzene rings is 3. The molecule has 1 N–H and O–H groups in total. The third-order valence-electron chi connectivity index (χ3n) is 4.74. The van der Waals surface area contributed by atoms with E-state index >= 15 is 0 Å². The predicted octanol–water partition coefficient (Wildman–Crippen LogP) is 4.27. The van der Waals surface area contributed by atoms with Crippen molar-refractivity contribution >= 4 is 29.1 Å². The minimum atomic E-state index is -0.617. The first-order chi connectivity index (χ1) is 15.5. The van der Waals surface area contributed by atoms with E-state index in [9.17, 15) is 19.7 Å². The smallest absolute Gasteiger partial charge is 0.269 e. The highest BCUT2D eigenvalue weighted by Gasteiger charge is 2.21. The maximum atomic E-state index is 13.1. The van der Waals surface area contributed by atoms with E-state index in [1.165, 1.54) is 30.3 Å². The van der Waals surface area contributed by atoms with E-state index < -0.39 is 16.6 Å². The summed E-state index contributed by atoms with van der Waals surface area (Å²) in [6.07, 6.45) is 1.41. The van der Waals surface area contributed by atoms with E-state index in [-0.39, 0.29) is 11.3 Å². The monoisotopic (exact) mass is 430 g/mol. The number of nitro groups is 1. The van der Waals surface area contributed by atoms with Crippen molar-refractivity contribution in [1.82, 2.24) is 0 Å². The minimum absolute atomic E-state index is 0.0844. The van der Waals surface area contributed by atoms with E-state index in [0.717, 1.165) is 0 Å². The number of carbonyl (C=O) groups is 2. The number of nitrogens with one attached hydrogen (secondary N) is 1. The van der Waals surface area contributed by atoms with Crippen LogP contribution in [-0.4, -0.2) is 29.8 Å². The largest absolute Gasteiger partial charge is 0.486 e. The molecule has 1 heterocycles. The van der Waals surface area contributed by atoms with E-state index in [0.29, 0.717) is 41.5 Å². The molecule has 8 heteroatoms. The van der Waals surface area contributed by atoms with Gasteiger partial charge in [-0.25, -0.2) is 0 Å². The van der Waals surface area contributed by atoms with Gasteiger partial charge >= 0.3 is 0 Å². The van der Waals surface area contributed by atoms with Gasteiger partial charge in [0.25, 0.3) is 11.6 Å². The number of Topliss-reactive ketones (excluding diaryl/α,β-unsaturated/α-hetero) is 1. The Morgan fingerprint density at radius 1 is 0.906 bits per heavy atom. The Hall–Kier alpha value is -4.46. The summed E-state index contributed by atoms with van der Waals surface area (Å²) in [5.41, 5.74) is 1.07. The highest BCUT2D eigenvalue weighted by Crippen LogP contribution is 2.32. The van der Waals surface area contributed by atoms with Gasteiger partial charge in [-0.2, -0.15) is 0 Å². The van der Waals surface area contributed by atoms with Crippen LogP contribution in [0, 0.1) is 10.1 Å². The van der Waals surface area contributed by atoms with Crippen LogP contribution >= 0.6 is 0 Å². The van der Waals surface area contributed by atoms with Crippen LogP contribution in [0.1, 0.15) is 15.9 Å². The van der Waals surface area contributed by atoms with Crippen molar-refractivity contribution in [2.24, 2.45) is 0 Å². The molecule has 0 fully saturated rings. The number of anilines is 1. The number of nitro benzene ring substituents is 1. The molecule has 32 heavy (non-hydrogen) atoms. The van der Waals surface area contributed by atoms with Crippen LogP contribution in [0.25, 0.3) is 6.08 Å². The second-order valence-corrected chi connectivity index (χ2v) is 6.91. The molecular formula is C24H18N2O6. The number of hydrogen-bond acceptors (Lipinski definition) is 6. The minimum Gasteiger partial charge on any atom is -0.486 e. The molecule has 1 aliphatic heterocycles. The molecule has 0 saturated carbocycles. The molecule has 0 aliphatic carbocycles. The molecule has 0 bridgehead atoms. The van der Waals surface area contributed by atoms with Gasteiger partial charge < -0.3 is 14.8 Å². The lowest BCUT2D eigenvalue weighted by Crippen LogP contribution is -2.21. The topological polar surface area (TPSA) is 108 Å². The standard InChI is InChI=1S/C24H18N2O6/c27-23(17-4-2-1-3-5-17)20(14-16-6-9-19(10-7-16)26(29)30)24(28)25-18-8-11-21-22(15-18)32-13-12-31-21/h1-11,14-15H,12-13H2,(H,25,28)/b20-14-. The second kappa shape index (κ2) is 9.13. The quantitative estimate of drug-likeness (QED) is 0.156. The van der Waals surface area contributed by atoms with Crippen LogP contribution in [0.2, 0.25) is 0 Å². The SMILES string of the molecule is O=C(Nc1ccc2c(c1)OCCO2)/C(=C\c1ccc([N+](=O)[O-])cc1)C(=O)c1ccccc1. The average molecular weight is 430 g/mol. The Bertz CT molecular complexity index is 1200. The van der Waals surface area contributed by atoms with Gasteiger partial charge in [-0.15, -0.1) is 0 Å². The average Bonchev–Trinajstić information content (AvgIpc) is 2.83. The number of nitrogens with zero attached hydrogens (tertiary/aromatic N) is 1. The summed E-state index contributed by atoms with van der Waals surface area (Å²) in [6, 6.07) is 19.0. The Morgan fingerprint density at radius 2 is 1.59 bits per heavy atom. The van der Waals surface area contributed by atoms with Gasteiger partial charge in [0.1, 0.15) is 13.2 Å². The summed E-state index contributed by atoms with van der Waals surface area (Å²) < 4.78 is 11.0. The Kier molecular flexibility index (Phi) is 5.94. The zero-order chi connectivity index (χ0) is 22.5. The third kappa shape index (κ3) is 4.65. The summed E-state index contributed by atoms with van der Waals surface area (Å²) in [5, 5.41) is 13.6. The summed E-state index contributed by atoms with van der Waals surface area (Å²) in [5.74, 6) is -0.00605. The normalized spacial score (nSPS) is 12.7. The van der Waals surface area contributed by atoms with Crippen molar-refractivity contribution in [3.8, 4) is 11.5 Å². The van der Waals surface area contributed by atoms with Gasteiger partial charge in [0.2, 0.25) is 0 Å². The summed E-state index contributed by atoms with van der Waals surface area (Å²) in [7, 11) is 0. The van der Waals surface area contributed by atoms with Crippen molar-refractivity contribution in [2.75, 3.05) is 18.5 Å². The molecule has 3 aromatic rings. The maximum absolute atomic E-state index is 13.1.